The highest BCUT2D eigenvalue weighted by molar-refractivity contribution is 6.31. The van der Waals surface area contributed by atoms with Gasteiger partial charge in [-0.1, -0.05) is 42.3 Å². The third-order valence-corrected chi connectivity index (χ3v) is 3.48. The molecule has 0 amide bonds. The number of hydrogen-bond acceptors (Lipinski definition) is 1. The van der Waals surface area contributed by atoms with Crippen LogP contribution in [0.3, 0.4) is 0 Å². The molecule has 106 valence electrons. The van der Waals surface area contributed by atoms with E-state index in [1.54, 1.807) is 18.2 Å². The van der Waals surface area contributed by atoms with Gasteiger partial charge in [0.1, 0.15) is 11.6 Å². The zero-order valence-corrected chi connectivity index (χ0v) is 12.3. The first-order chi connectivity index (χ1) is 9.52. The second kappa shape index (κ2) is 6.53. The molecule has 2 rings (SSSR count). The molecule has 1 nitrogen and oxygen atoms in total. The summed E-state index contributed by atoms with van der Waals surface area (Å²) in [5.41, 5.74) is 1.14. The van der Waals surface area contributed by atoms with Gasteiger partial charge in [-0.2, -0.15) is 0 Å². The minimum atomic E-state index is -0.498. The maximum atomic E-state index is 14.1. The van der Waals surface area contributed by atoms with Crippen molar-refractivity contribution in [2.24, 2.45) is 0 Å². The van der Waals surface area contributed by atoms with Gasteiger partial charge in [-0.3, -0.25) is 0 Å². The minimum absolute atomic E-state index is 0.0137. The molecule has 0 fully saturated rings. The lowest BCUT2D eigenvalue weighted by molar-refractivity contribution is 0.558. The summed E-state index contributed by atoms with van der Waals surface area (Å²) < 4.78 is 27.3. The summed E-state index contributed by atoms with van der Waals surface area (Å²) in [6.07, 6.45) is 0. The van der Waals surface area contributed by atoms with Crippen LogP contribution in [0.25, 0.3) is 0 Å². The van der Waals surface area contributed by atoms with Gasteiger partial charge in [0.25, 0.3) is 0 Å². The van der Waals surface area contributed by atoms with Crippen LogP contribution in [0.2, 0.25) is 10.0 Å². The minimum Gasteiger partial charge on any atom is -0.306 e. The van der Waals surface area contributed by atoms with E-state index in [0.29, 0.717) is 22.7 Å². The third kappa shape index (κ3) is 3.29. The topological polar surface area (TPSA) is 12.0 Å². The molecule has 1 atom stereocenters. The van der Waals surface area contributed by atoms with Crippen LogP contribution in [0.1, 0.15) is 24.1 Å². The van der Waals surface area contributed by atoms with E-state index in [-0.39, 0.29) is 5.02 Å². The first-order valence-electron chi connectivity index (χ1n) is 6.16. The Hall–Kier alpha value is -1.16. The van der Waals surface area contributed by atoms with Crippen LogP contribution in [0.5, 0.6) is 0 Å². The van der Waals surface area contributed by atoms with Gasteiger partial charge >= 0.3 is 0 Å². The lowest BCUT2D eigenvalue weighted by Crippen LogP contribution is -2.23. The summed E-state index contributed by atoms with van der Waals surface area (Å²) in [5, 5.41) is 3.50. The van der Waals surface area contributed by atoms with Crippen LogP contribution in [0.15, 0.2) is 36.4 Å². The van der Waals surface area contributed by atoms with Gasteiger partial charge in [-0.25, -0.2) is 8.78 Å². The number of hydrogen-bond donors (Lipinski definition) is 1. The van der Waals surface area contributed by atoms with E-state index in [1.807, 2.05) is 6.92 Å². The maximum absolute atomic E-state index is 14.1. The monoisotopic (exact) mass is 315 g/mol. The molecule has 0 bridgehead atoms. The molecule has 0 radical (unpaired) electrons. The molecule has 2 aromatic rings. The molecule has 0 aliphatic heterocycles. The lowest BCUT2D eigenvalue weighted by Gasteiger charge is -2.20. The Bertz CT molecular complexity index is 617. The van der Waals surface area contributed by atoms with Crippen molar-refractivity contribution in [1.29, 1.82) is 0 Å². The number of nitrogens with one attached hydrogen (secondary N) is 1. The maximum Gasteiger partial charge on any atom is 0.141 e. The Kier molecular flexibility index (Phi) is 4.97. The number of benzene rings is 2. The van der Waals surface area contributed by atoms with Gasteiger partial charge in [0.2, 0.25) is 0 Å². The van der Waals surface area contributed by atoms with Crippen molar-refractivity contribution < 1.29 is 8.78 Å². The molecule has 0 aliphatic carbocycles. The summed E-state index contributed by atoms with van der Waals surface area (Å²) in [6, 6.07) is 8.44. The highest BCUT2D eigenvalue weighted by Crippen LogP contribution is 2.28. The fraction of sp³-hybridized carbons (Fsp3) is 0.200. The summed E-state index contributed by atoms with van der Waals surface area (Å²) in [7, 11) is 0. The zero-order chi connectivity index (χ0) is 14.7. The Labute approximate surface area is 126 Å². The van der Waals surface area contributed by atoms with E-state index in [0.717, 1.165) is 0 Å². The molecular weight excluding hydrogens is 303 g/mol. The fourth-order valence-corrected chi connectivity index (χ4v) is 2.39. The van der Waals surface area contributed by atoms with Gasteiger partial charge in [-0.15, -0.1) is 0 Å². The smallest absolute Gasteiger partial charge is 0.141 e. The number of rotatable bonds is 4. The normalized spacial score (nSPS) is 12.4. The third-order valence-electron chi connectivity index (χ3n) is 2.96. The van der Waals surface area contributed by atoms with Gasteiger partial charge in [-0.05, 0) is 36.4 Å². The second-order valence-electron chi connectivity index (χ2n) is 4.33. The van der Waals surface area contributed by atoms with E-state index in [2.05, 4.69) is 5.32 Å². The first kappa shape index (κ1) is 15.2. The molecule has 0 heterocycles. The summed E-state index contributed by atoms with van der Waals surface area (Å²) in [6.45, 7) is 2.54. The molecule has 0 saturated heterocycles. The standard InChI is InChI=1S/C15H13Cl2F2N/c1-2-20-15(9-3-6-13(18)12(17)7-9)11-5-4-10(16)8-14(11)19/h3-8,15,20H,2H2,1H3. The average molecular weight is 316 g/mol. The highest BCUT2D eigenvalue weighted by Gasteiger charge is 2.18. The summed E-state index contributed by atoms with van der Waals surface area (Å²) in [5.74, 6) is -0.911. The van der Waals surface area contributed by atoms with Crippen LogP contribution >= 0.6 is 23.2 Å². The molecule has 0 aliphatic rings. The van der Waals surface area contributed by atoms with Crippen LogP contribution < -0.4 is 5.32 Å². The van der Waals surface area contributed by atoms with Gasteiger partial charge in [0, 0.05) is 10.6 Å². The Balaban J connectivity index is 2.47. The molecule has 1 N–H and O–H groups in total. The van der Waals surface area contributed by atoms with E-state index in [4.69, 9.17) is 23.2 Å². The van der Waals surface area contributed by atoms with E-state index < -0.39 is 17.7 Å². The molecular formula is C15H13Cl2F2N. The molecule has 0 aromatic heterocycles. The zero-order valence-electron chi connectivity index (χ0n) is 10.8. The molecule has 5 heteroatoms. The Morgan fingerprint density at radius 1 is 1.05 bits per heavy atom. The van der Waals surface area contributed by atoms with E-state index >= 15 is 0 Å². The second-order valence-corrected chi connectivity index (χ2v) is 5.17. The van der Waals surface area contributed by atoms with Crippen molar-refractivity contribution in [2.75, 3.05) is 6.54 Å². The quantitative estimate of drug-likeness (QED) is 0.840. The lowest BCUT2D eigenvalue weighted by atomic mass is 9.98. The first-order valence-corrected chi connectivity index (χ1v) is 6.91. The van der Waals surface area contributed by atoms with E-state index in [1.165, 1.54) is 18.2 Å². The Morgan fingerprint density at radius 2 is 1.80 bits per heavy atom. The molecule has 0 spiro atoms. The molecule has 0 saturated carbocycles. The largest absolute Gasteiger partial charge is 0.306 e. The predicted molar refractivity (Wildman–Crippen MR) is 78.3 cm³/mol. The SMILES string of the molecule is CCNC(c1ccc(F)c(Cl)c1)c1ccc(Cl)cc1F. The van der Waals surface area contributed by atoms with Crippen molar-refractivity contribution in [3.05, 3.63) is 69.2 Å². The Morgan fingerprint density at radius 3 is 2.40 bits per heavy atom. The van der Waals surface area contributed by atoms with Crippen molar-refractivity contribution >= 4 is 23.2 Å². The van der Waals surface area contributed by atoms with Crippen LogP contribution in [0.4, 0.5) is 8.78 Å². The molecule has 1 unspecified atom stereocenters. The number of halogens is 4. The van der Waals surface area contributed by atoms with Crippen LogP contribution in [0, 0.1) is 11.6 Å². The summed E-state index contributed by atoms with van der Waals surface area (Å²) >= 11 is 11.6. The van der Waals surface area contributed by atoms with Crippen molar-refractivity contribution in [1.82, 2.24) is 5.32 Å². The summed E-state index contributed by atoms with van der Waals surface area (Å²) in [4.78, 5) is 0. The van der Waals surface area contributed by atoms with Crippen molar-refractivity contribution in [3.8, 4) is 0 Å². The van der Waals surface area contributed by atoms with Crippen LogP contribution in [-0.2, 0) is 0 Å². The van der Waals surface area contributed by atoms with Gasteiger partial charge in [0.15, 0.2) is 0 Å². The van der Waals surface area contributed by atoms with Gasteiger partial charge < -0.3 is 5.32 Å². The highest BCUT2D eigenvalue weighted by atomic mass is 35.5. The predicted octanol–water partition coefficient (Wildman–Crippen LogP) is 4.97. The van der Waals surface area contributed by atoms with Crippen molar-refractivity contribution in [3.63, 3.8) is 0 Å². The van der Waals surface area contributed by atoms with Crippen LogP contribution in [-0.4, -0.2) is 6.54 Å². The molecule has 20 heavy (non-hydrogen) atoms. The molecule has 2 aromatic carbocycles. The average Bonchev–Trinajstić information content (AvgIpc) is 2.40. The van der Waals surface area contributed by atoms with Crippen molar-refractivity contribution in [2.45, 2.75) is 13.0 Å². The van der Waals surface area contributed by atoms with E-state index in [9.17, 15) is 8.78 Å². The van der Waals surface area contributed by atoms with Gasteiger partial charge in [0.05, 0.1) is 11.1 Å². The fourth-order valence-electron chi connectivity index (χ4n) is 2.04.